The van der Waals surface area contributed by atoms with Crippen LogP contribution < -0.4 is 5.73 Å². The van der Waals surface area contributed by atoms with Gasteiger partial charge in [-0.1, -0.05) is 59.6 Å². The van der Waals surface area contributed by atoms with E-state index in [0.29, 0.717) is 40.5 Å². The minimum atomic E-state index is -0.362. The van der Waals surface area contributed by atoms with Crippen LogP contribution in [-0.4, -0.2) is 24.0 Å². The Balaban J connectivity index is 1.93. The van der Waals surface area contributed by atoms with Gasteiger partial charge in [-0.25, -0.2) is 0 Å². The molecule has 6 heteroatoms. The fourth-order valence-electron chi connectivity index (χ4n) is 4.11. The van der Waals surface area contributed by atoms with Crippen molar-refractivity contribution in [3.8, 4) is 6.07 Å². The van der Waals surface area contributed by atoms with Gasteiger partial charge < -0.3 is 10.5 Å². The van der Waals surface area contributed by atoms with Crippen LogP contribution in [0.2, 0.25) is 10.0 Å². The van der Waals surface area contributed by atoms with Gasteiger partial charge in [-0.3, -0.25) is 4.90 Å². The molecule has 0 fully saturated rings. The first kappa shape index (κ1) is 21.5. The summed E-state index contributed by atoms with van der Waals surface area (Å²) in [4.78, 5) is 2.34. The molecule has 2 aromatic rings. The van der Waals surface area contributed by atoms with Gasteiger partial charge in [-0.2, -0.15) is 5.26 Å². The van der Waals surface area contributed by atoms with Gasteiger partial charge in [0.2, 0.25) is 5.88 Å². The lowest BCUT2D eigenvalue weighted by Gasteiger charge is -2.40. The van der Waals surface area contributed by atoms with E-state index < -0.39 is 0 Å². The Labute approximate surface area is 192 Å². The highest BCUT2D eigenvalue weighted by Crippen LogP contribution is 2.45. The number of benzene rings is 2. The molecular weight excluding hydrogens is 429 g/mol. The molecule has 4 rings (SSSR count). The Morgan fingerprint density at radius 2 is 1.77 bits per heavy atom. The monoisotopic (exact) mass is 451 g/mol. The zero-order valence-corrected chi connectivity index (χ0v) is 18.9. The molecule has 1 atom stereocenters. The Hall–Kier alpha value is -2.71. The average Bonchev–Trinajstić information content (AvgIpc) is 2.75. The summed E-state index contributed by atoms with van der Waals surface area (Å²) in [6, 6.07) is 17.8. The molecule has 0 radical (unpaired) electrons. The van der Waals surface area contributed by atoms with Gasteiger partial charge in [0.05, 0.1) is 5.92 Å². The Bertz CT molecular complexity index is 1160. The van der Waals surface area contributed by atoms with Crippen molar-refractivity contribution in [2.24, 2.45) is 5.73 Å². The summed E-state index contributed by atoms with van der Waals surface area (Å²) < 4.78 is 6.07. The minimum absolute atomic E-state index is 0.120. The summed E-state index contributed by atoms with van der Waals surface area (Å²) >= 11 is 13.0. The molecule has 31 heavy (non-hydrogen) atoms. The first-order valence-corrected chi connectivity index (χ1v) is 10.9. The van der Waals surface area contributed by atoms with Crippen molar-refractivity contribution in [1.82, 2.24) is 4.90 Å². The topological polar surface area (TPSA) is 62.3 Å². The van der Waals surface area contributed by atoms with E-state index in [2.05, 4.69) is 24.8 Å². The van der Waals surface area contributed by atoms with E-state index in [1.807, 2.05) is 54.6 Å². The molecule has 2 N–H and O–H groups in total. The molecule has 1 unspecified atom stereocenters. The highest BCUT2D eigenvalue weighted by atomic mass is 35.5. The summed E-state index contributed by atoms with van der Waals surface area (Å²) in [6.07, 6.45) is 2.04. The maximum absolute atomic E-state index is 9.91. The number of allylic oxidation sites excluding steroid dienone is 1. The molecule has 158 valence electrons. The molecule has 2 aromatic carbocycles. The van der Waals surface area contributed by atoms with Gasteiger partial charge in [0.25, 0.3) is 0 Å². The zero-order chi connectivity index (χ0) is 22.1. The van der Waals surface area contributed by atoms with Gasteiger partial charge in [-0.05, 0) is 48.8 Å². The second kappa shape index (κ2) is 8.80. The molecule has 4 nitrogen and oxygen atoms in total. The molecule has 2 aliphatic rings. The number of nitriles is 1. The number of nitrogens with two attached hydrogens (primary N) is 1. The van der Waals surface area contributed by atoms with Crippen LogP contribution in [0.4, 0.5) is 0 Å². The molecule has 0 aromatic heterocycles. The number of rotatable bonds is 3. The highest BCUT2D eigenvalue weighted by Gasteiger charge is 2.39. The van der Waals surface area contributed by atoms with Crippen LogP contribution in [0.1, 0.15) is 30.9 Å². The van der Waals surface area contributed by atoms with E-state index in [9.17, 15) is 5.26 Å². The van der Waals surface area contributed by atoms with Crippen molar-refractivity contribution in [2.75, 3.05) is 13.1 Å². The first-order valence-electron chi connectivity index (χ1n) is 10.1. The smallest absolute Gasteiger partial charge is 0.205 e. The minimum Gasteiger partial charge on any atom is -0.440 e. The third-order valence-electron chi connectivity index (χ3n) is 5.75. The molecule has 0 spiro atoms. The lowest BCUT2D eigenvalue weighted by atomic mass is 9.80. The lowest BCUT2D eigenvalue weighted by molar-refractivity contribution is 0.208. The van der Waals surface area contributed by atoms with Crippen LogP contribution in [0.15, 0.2) is 76.9 Å². The van der Waals surface area contributed by atoms with Crippen molar-refractivity contribution in [3.05, 3.63) is 98.1 Å². The summed E-state index contributed by atoms with van der Waals surface area (Å²) in [6.45, 7) is 5.65. The molecule has 0 saturated heterocycles. The quantitative estimate of drug-likeness (QED) is 0.634. The van der Waals surface area contributed by atoms with Crippen LogP contribution in [0.25, 0.3) is 6.08 Å². The molecule has 2 aliphatic heterocycles. The summed E-state index contributed by atoms with van der Waals surface area (Å²) in [5.41, 5.74) is 10.3. The second-order valence-corrected chi connectivity index (χ2v) is 8.80. The lowest BCUT2D eigenvalue weighted by Crippen LogP contribution is -2.41. The van der Waals surface area contributed by atoms with Crippen LogP contribution in [0.5, 0.6) is 0 Å². The van der Waals surface area contributed by atoms with Crippen LogP contribution in [-0.2, 0) is 4.74 Å². The largest absolute Gasteiger partial charge is 0.440 e. The fourth-order valence-corrected chi connectivity index (χ4v) is 4.54. The van der Waals surface area contributed by atoms with Gasteiger partial charge in [0.1, 0.15) is 17.4 Å². The van der Waals surface area contributed by atoms with Gasteiger partial charge in [0.15, 0.2) is 0 Å². The predicted molar refractivity (Wildman–Crippen MR) is 125 cm³/mol. The van der Waals surface area contributed by atoms with E-state index in [1.165, 1.54) is 0 Å². The third kappa shape index (κ3) is 4.09. The van der Waals surface area contributed by atoms with Gasteiger partial charge in [-0.15, -0.1) is 0 Å². The van der Waals surface area contributed by atoms with Gasteiger partial charge >= 0.3 is 0 Å². The van der Waals surface area contributed by atoms with Crippen molar-refractivity contribution in [2.45, 2.75) is 25.8 Å². The zero-order valence-electron chi connectivity index (χ0n) is 17.4. The fraction of sp³-hybridized carbons (Fsp3) is 0.240. The Morgan fingerprint density at radius 1 is 1.10 bits per heavy atom. The molecule has 0 saturated carbocycles. The number of nitrogens with zero attached hydrogens (tertiary/aromatic N) is 2. The molecule has 0 bridgehead atoms. The highest BCUT2D eigenvalue weighted by molar-refractivity contribution is 6.32. The van der Waals surface area contributed by atoms with E-state index in [0.717, 1.165) is 22.3 Å². The van der Waals surface area contributed by atoms with Crippen molar-refractivity contribution >= 4 is 29.3 Å². The summed E-state index contributed by atoms with van der Waals surface area (Å²) in [7, 11) is 0. The molecule has 2 heterocycles. The molecular formula is C25H23Cl2N3O. The van der Waals surface area contributed by atoms with Crippen LogP contribution in [0.3, 0.4) is 0 Å². The van der Waals surface area contributed by atoms with Crippen LogP contribution >= 0.6 is 23.2 Å². The normalized spacial score (nSPS) is 20.6. The summed E-state index contributed by atoms with van der Waals surface area (Å²) in [5.74, 6) is 0.464. The average molecular weight is 452 g/mol. The maximum Gasteiger partial charge on any atom is 0.205 e. The van der Waals surface area contributed by atoms with E-state index >= 15 is 0 Å². The Kier molecular flexibility index (Phi) is 6.11. The van der Waals surface area contributed by atoms with Crippen molar-refractivity contribution in [1.29, 1.82) is 5.26 Å². The number of hydrogen-bond acceptors (Lipinski definition) is 4. The van der Waals surface area contributed by atoms with Gasteiger partial charge in [0, 0.05) is 34.7 Å². The number of hydrogen-bond donors (Lipinski definition) is 1. The molecule has 0 aliphatic carbocycles. The molecule has 0 amide bonds. The number of ether oxygens (including phenoxy) is 1. The number of halogens is 2. The van der Waals surface area contributed by atoms with Crippen molar-refractivity contribution in [3.63, 3.8) is 0 Å². The standard InChI is InChI=1S/C25H23Cl2N3O/c1-15(2)30-13-17(11-16-7-3-5-9-21(16)26)24-20(14-30)23(19(12-28)25(29)31-24)18-8-4-6-10-22(18)27/h3-11,15,23H,13-14,29H2,1-2H3/b17-11+. The SMILES string of the molecule is CC(C)N1CC2=C(OC(N)=C(C#N)C2c2ccccc2Cl)/C(=C/c2ccccc2Cl)C1. The van der Waals surface area contributed by atoms with Crippen LogP contribution in [0, 0.1) is 11.3 Å². The van der Waals surface area contributed by atoms with E-state index in [1.54, 1.807) is 0 Å². The van der Waals surface area contributed by atoms with E-state index in [-0.39, 0.29) is 11.8 Å². The third-order valence-corrected chi connectivity index (χ3v) is 6.44. The van der Waals surface area contributed by atoms with E-state index in [4.69, 9.17) is 33.7 Å². The Morgan fingerprint density at radius 3 is 2.42 bits per heavy atom. The second-order valence-electron chi connectivity index (χ2n) is 7.99. The maximum atomic E-state index is 9.91. The predicted octanol–water partition coefficient (Wildman–Crippen LogP) is 5.86. The first-order chi connectivity index (χ1) is 14.9. The summed E-state index contributed by atoms with van der Waals surface area (Å²) in [5, 5.41) is 11.2. The van der Waals surface area contributed by atoms with Crippen molar-refractivity contribution < 1.29 is 4.74 Å².